The molecule has 1 unspecified atom stereocenters. The van der Waals surface area contributed by atoms with Crippen LogP contribution in [0.4, 0.5) is 5.69 Å². The number of rotatable bonds is 6. The van der Waals surface area contributed by atoms with Crippen LogP contribution in [-0.2, 0) is 4.79 Å². The van der Waals surface area contributed by atoms with Gasteiger partial charge < -0.3 is 4.74 Å². The molecule has 1 rings (SSSR count). The third-order valence-electron chi connectivity index (χ3n) is 2.37. The molecule has 8 heteroatoms. The lowest BCUT2D eigenvalue weighted by Gasteiger charge is -2.16. The van der Waals surface area contributed by atoms with Gasteiger partial charge in [-0.1, -0.05) is 24.9 Å². The van der Waals surface area contributed by atoms with Crippen molar-refractivity contribution in [3.63, 3.8) is 0 Å². The molecule has 0 aromatic heterocycles. The number of carbonyl (C=O) groups is 1. The van der Waals surface area contributed by atoms with Gasteiger partial charge in [0.25, 0.3) is 5.91 Å². The summed E-state index contributed by atoms with van der Waals surface area (Å²) in [4.78, 5) is 21.8. The zero-order chi connectivity index (χ0) is 14.4. The van der Waals surface area contributed by atoms with Gasteiger partial charge in [-0.05, 0) is 18.6 Å². The number of hydrogen-bond donors (Lipinski definition) is 2. The average molecular weight is 288 g/mol. The summed E-state index contributed by atoms with van der Waals surface area (Å²) in [6, 6.07) is 3.97. The van der Waals surface area contributed by atoms with Gasteiger partial charge in [0.2, 0.25) is 0 Å². The summed E-state index contributed by atoms with van der Waals surface area (Å²) in [5.41, 5.74) is 1.68. The van der Waals surface area contributed by atoms with Gasteiger partial charge in [0.05, 0.1) is 4.92 Å². The van der Waals surface area contributed by atoms with Crippen molar-refractivity contribution in [2.45, 2.75) is 25.9 Å². The molecule has 3 N–H and O–H groups in total. The highest BCUT2D eigenvalue weighted by Crippen LogP contribution is 2.31. The van der Waals surface area contributed by atoms with Gasteiger partial charge in [0.1, 0.15) is 0 Å². The number of halogens is 1. The smallest absolute Gasteiger partial charge is 0.312 e. The Morgan fingerprint density at radius 3 is 2.84 bits per heavy atom. The Hall–Kier alpha value is -1.86. The highest BCUT2D eigenvalue weighted by atomic mass is 35.5. The van der Waals surface area contributed by atoms with Gasteiger partial charge >= 0.3 is 5.69 Å². The normalized spacial score (nSPS) is 11.7. The van der Waals surface area contributed by atoms with Gasteiger partial charge in [-0.3, -0.25) is 20.3 Å². The Balaban J connectivity index is 3.02. The summed E-state index contributed by atoms with van der Waals surface area (Å²) in [7, 11) is 0. The maximum atomic E-state index is 11.5. The fourth-order valence-corrected chi connectivity index (χ4v) is 1.65. The summed E-state index contributed by atoms with van der Waals surface area (Å²) in [5.74, 6) is 4.49. The van der Waals surface area contributed by atoms with E-state index in [2.05, 4.69) is 0 Å². The van der Waals surface area contributed by atoms with Crippen molar-refractivity contribution in [3.8, 4) is 5.75 Å². The first-order chi connectivity index (χ1) is 8.99. The number of nitro groups is 1. The van der Waals surface area contributed by atoms with Gasteiger partial charge in [0.15, 0.2) is 11.9 Å². The van der Waals surface area contributed by atoms with Crippen molar-refractivity contribution in [1.82, 2.24) is 5.43 Å². The maximum absolute atomic E-state index is 11.5. The minimum Gasteiger partial charge on any atom is -0.473 e. The lowest BCUT2D eigenvalue weighted by Crippen LogP contribution is -2.42. The third-order valence-corrected chi connectivity index (χ3v) is 2.61. The Kier molecular flexibility index (Phi) is 5.53. The first kappa shape index (κ1) is 15.2. The number of hydrazine groups is 1. The van der Waals surface area contributed by atoms with E-state index in [9.17, 15) is 14.9 Å². The van der Waals surface area contributed by atoms with Crippen molar-refractivity contribution in [2.75, 3.05) is 0 Å². The predicted octanol–water partition coefficient (Wildman–Crippen LogP) is 1.79. The number of hydrogen-bond acceptors (Lipinski definition) is 5. The summed E-state index contributed by atoms with van der Waals surface area (Å²) >= 11 is 5.69. The van der Waals surface area contributed by atoms with Crippen LogP contribution in [0.3, 0.4) is 0 Å². The predicted molar refractivity (Wildman–Crippen MR) is 69.8 cm³/mol. The van der Waals surface area contributed by atoms with E-state index >= 15 is 0 Å². The molecule has 104 valence electrons. The topological polar surface area (TPSA) is 107 Å². The number of nitro benzene ring substituents is 1. The molecule has 0 heterocycles. The number of nitrogens with two attached hydrogens (primary N) is 1. The second kappa shape index (κ2) is 6.91. The second-order valence-electron chi connectivity index (χ2n) is 3.77. The maximum Gasteiger partial charge on any atom is 0.312 e. The lowest BCUT2D eigenvalue weighted by molar-refractivity contribution is -0.386. The van der Waals surface area contributed by atoms with Crippen LogP contribution in [0.2, 0.25) is 5.02 Å². The van der Waals surface area contributed by atoms with E-state index in [1.807, 2.05) is 12.3 Å². The molecule has 0 aliphatic heterocycles. The van der Waals surface area contributed by atoms with Crippen LogP contribution < -0.4 is 16.0 Å². The van der Waals surface area contributed by atoms with E-state index in [4.69, 9.17) is 22.2 Å². The fourth-order valence-electron chi connectivity index (χ4n) is 1.48. The van der Waals surface area contributed by atoms with Crippen molar-refractivity contribution >= 4 is 23.2 Å². The van der Waals surface area contributed by atoms with Crippen molar-refractivity contribution in [2.24, 2.45) is 5.84 Å². The van der Waals surface area contributed by atoms with Crippen LogP contribution in [0.15, 0.2) is 18.2 Å². The Labute approximate surface area is 114 Å². The molecule has 0 spiro atoms. The van der Waals surface area contributed by atoms with Crippen LogP contribution in [-0.4, -0.2) is 16.9 Å². The van der Waals surface area contributed by atoms with Gasteiger partial charge in [-0.25, -0.2) is 5.84 Å². The van der Waals surface area contributed by atoms with E-state index < -0.39 is 16.9 Å². The number of ether oxygens (including phenoxy) is 1. The molecule has 0 saturated heterocycles. The van der Waals surface area contributed by atoms with E-state index in [1.165, 1.54) is 18.2 Å². The average Bonchev–Trinajstić information content (AvgIpc) is 2.38. The lowest BCUT2D eigenvalue weighted by atomic mass is 10.2. The molecule has 1 aromatic rings. The minimum atomic E-state index is -0.880. The van der Waals surface area contributed by atoms with Crippen LogP contribution in [0.5, 0.6) is 5.75 Å². The highest BCUT2D eigenvalue weighted by Gasteiger charge is 2.23. The number of amides is 1. The highest BCUT2D eigenvalue weighted by molar-refractivity contribution is 6.30. The monoisotopic (exact) mass is 287 g/mol. The number of nitrogens with one attached hydrogen (secondary N) is 1. The molecule has 0 bridgehead atoms. The summed E-state index contributed by atoms with van der Waals surface area (Å²) in [6.07, 6.45) is 0.178. The van der Waals surface area contributed by atoms with E-state index in [0.29, 0.717) is 12.8 Å². The summed E-state index contributed by atoms with van der Waals surface area (Å²) in [5, 5.41) is 11.1. The van der Waals surface area contributed by atoms with Gasteiger partial charge in [-0.15, -0.1) is 0 Å². The SMILES string of the molecule is CCCC(Oc1ccc(Cl)cc1[N+](=O)[O-])C(=O)NN. The van der Waals surface area contributed by atoms with Crippen LogP contribution in [0, 0.1) is 10.1 Å². The van der Waals surface area contributed by atoms with Crippen molar-refractivity contribution in [1.29, 1.82) is 0 Å². The van der Waals surface area contributed by atoms with Gasteiger partial charge in [0, 0.05) is 11.1 Å². The molecule has 0 aliphatic carbocycles. The third kappa shape index (κ3) is 4.08. The van der Waals surface area contributed by atoms with Crippen LogP contribution >= 0.6 is 11.6 Å². The zero-order valence-electron chi connectivity index (χ0n) is 10.3. The van der Waals surface area contributed by atoms with E-state index in [-0.39, 0.29) is 16.5 Å². The van der Waals surface area contributed by atoms with E-state index in [1.54, 1.807) is 0 Å². The fraction of sp³-hybridized carbons (Fsp3) is 0.364. The molecule has 1 aromatic carbocycles. The quantitative estimate of drug-likeness (QED) is 0.359. The molecule has 0 radical (unpaired) electrons. The molecule has 1 amide bonds. The Morgan fingerprint density at radius 1 is 1.63 bits per heavy atom. The van der Waals surface area contributed by atoms with E-state index in [0.717, 1.165) is 0 Å². The second-order valence-corrected chi connectivity index (χ2v) is 4.21. The largest absolute Gasteiger partial charge is 0.473 e. The minimum absolute atomic E-state index is 0.0172. The first-order valence-corrected chi connectivity index (χ1v) is 5.98. The summed E-state index contributed by atoms with van der Waals surface area (Å²) in [6.45, 7) is 1.86. The molecule has 19 heavy (non-hydrogen) atoms. The molecule has 0 saturated carbocycles. The molecular weight excluding hydrogens is 274 g/mol. The first-order valence-electron chi connectivity index (χ1n) is 5.60. The Bertz CT molecular complexity index is 481. The molecule has 0 fully saturated rings. The standard InChI is InChI=1S/C11H14ClN3O4/c1-2-3-10(11(16)14-13)19-9-5-4-7(12)6-8(9)15(17)18/h4-6,10H,2-3,13H2,1H3,(H,14,16). The number of carbonyl (C=O) groups excluding carboxylic acids is 1. The molecule has 0 aliphatic rings. The number of nitrogens with zero attached hydrogens (tertiary/aromatic N) is 1. The van der Waals surface area contributed by atoms with Crippen molar-refractivity contribution < 1.29 is 14.5 Å². The van der Waals surface area contributed by atoms with Crippen LogP contribution in [0.1, 0.15) is 19.8 Å². The van der Waals surface area contributed by atoms with Gasteiger partial charge in [-0.2, -0.15) is 0 Å². The molecule has 7 nitrogen and oxygen atoms in total. The Morgan fingerprint density at radius 2 is 2.32 bits per heavy atom. The summed E-state index contributed by atoms with van der Waals surface area (Å²) < 4.78 is 5.36. The molecular formula is C11H14ClN3O4. The van der Waals surface area contributed by atoms with Crippen molar-refractivity contribution in [3.05, 3.63) is 33.3 Å². The zero-order valence-corrected chi connectivity index (χ0v) is 11.0. The van der Waals surface area contributed by atoms with Crippen LogP contribution in [0.25, 0.3) is 0 Å². The number of benzene rings is 1. The molecule has 1 atom stereocenters.